The molecule has 0 bridgehead atoms. The number of carbonyl (C=O) groups excluding carboxylic acids is 2. The molecule has 2 rings (SSSR count). The van der Waals surface area contributed by atoms with Gasteiger partial charge in [-0.3, -0.25) is 4.79 Å². The van der Waals surface area contributed by atoms with E-state index in [0.717, 1.165) is 22.2 Å². The molecule has 0 radical (unpaired) electrons. The summed E-state index contributed by atoms with van der Waals surface area (Å²) in [5.41, 5.74) is 3.17. The van der Waals surface area contributed by atoms with Gasteiger partial charge in [0.25, 0.3) is 0 Å². The van der Waals surface area contributed by atoms with Gasteiger partial charge in [-0.25, -0.2) is 4.79 Å². The van der Waals surface area contributed by atoms with E-state index in [9.17, 15) is 9.59 Å². The molecule has 118 valence electrons. The van der Waals surface area contributed by atoms with Crippen molar-refractivity contribution in [3.05, 3.63) is 35.5 Å². The number of amides is 2. The number of likely N-dealkylation sites (N-methyl/N-ethyl adjacent to an activating group) is 1. The van der Waals surface area contributed by atoms with E-state index in [4.69, 9.17) is 0 Å². The van der Waals surface area contributed by atoms with Gasteiger partial charge in [-0.15, -0.1) is 0 Å². The summed E-state index contributed by atoms with van der Waals surface area (Å²) in [6.45, 7) is 4.11. The molecule has 1 heterocycles. The Bertz CT molecular complexity index is 693. The number of para-hydroxylation sites is 1. The summed E-state index contributed by atoms with van der Waals surface area (Å²) >= 11 is 0. The number of aryl methyl sites for hydroxylation is 1. The summed E-state index contributed by atoms with van der Waals surface area (Å²) in [6, 6.07) is 7.38. The van der Waals surface area contributed by atoms with Crippen molar-refractivity contribution in [2.45, 2.75) is 26.4 Å². The van der Waals surface area contributed by atoms with Crippen molar-refractivity contribution in [3.63, 3.8) is 0 Å². The first-order valence-corrected chi connectivity index (χ1v) is 7.09. The monoisotopic (exact) mass is 303 g/mol. The Hall–Kier alpha value is -2.50. The predicted octanol–water partition coefficient (Wildman–Crippen LogP) is 2.18. The van der Waals surface area contributed by atoms with Crippen LogP contribution >= 0.6 is 0 Å². The Balaban J connectivity index is 2.10. The second kappa shape index (κ2) is 6.51. The molecule has 0 unspecified atom stereocenters. The molecular formula is C16H21N3O3. The molecule has 1 aromatic heterocycles. The number of hydrogen-bond acceptors (Lipinski definition) is 3. The Kier molecular flexibility index (Phi) is 4.70. The number of methoxy groups -OCH3 is 1. The van der Waals surface area contributed by atoms with Gasteiger partial charge < -0.3 is 19.9 Å². The van der Waals surface area contributed by atoms with Crippen LogP contribution in [0, 0.1) is 6.92 Å². The highest BCUT2D eigenvalue weighted by Gasteiger charge is 2.21. The zero-order chi connectivity index (χ0) is 16.3. The second-order valence-electron chi connectivity index (χ2n) is 5.33. The molecule has 0 saturated heterocycles. The molecule has 0 aliphatic heterocycles. The molecule has 2 aromatic rings. The third-order valence-electron chi connectivity index (χ3n) is 3.73. The van der Waals surface area contributed by atoms with Crippen LogP contribution in [0.2, 0.25) is 0 Å². The number of ether oxygens (including phenoxy) is 1. The van der Waals surface area contributed by atoms with E-state index < -0.39 is 12.1 Å². The van der Waals surface area contributed by atoms with E-state index in [1.54, 1.807) is 18.9 Å². The molecule has 0 spiro atoms. The highest BCUT2D eigenvalue weighted by atomic mass is 16.5. The van der Waals surface area contributed by atoms with Gasteiger partial charge in [0.05, 0.1) is 13.7 Å². The van der Waals surface area contributed by atoms with Crippen molar-refractivity contribution in [3.8, 4) is 0 Å². The molecule has 1 atom stereocenters. The minimum absolute atomic E-state index is 0.177. The summed E-state index contributed by atoms with van der Waals surface area (Å²) in [6.07, 6.45) is -0.615. The Morgan fingerprint density at radius 2 is 2.05 bits per heavy atom. The normalized spacial score (nSPS) is 12.0. The van der Waals surface area contributed by atoms with Crippen molar-refractivity contribution in [2.75, 3.05) is 14.2 Å². The van der Waals surface area contributed by atoms with Gasteiger partial charge in [-0.2, -0.15) is 0 Å². The zero-order valence-corrected chi connectivity index (χ0v) is 13.3. The van der Waals surface area contributed by atoms with Gasteiger partial charge in [-0.05, 0) is 25.5 Å². The molecule has 6 heteroatoms. The standard InChI is InChI=1S/C16H21N3O3/c1-10-12-7-5-6-8-13(12)18-14(10)9-19(3)15(20)11(2)17-16(21)22-4/h5-8,11,18H,9H2,1-4H3,(H,17,21)/t11-/m0/s1. The van der Waals surface area contributed by atoms with Gasteiger partial charge in [0, 0.05) is 23.6 Å². The minimum atomic E-state index is -0.637. The lowest BCUT2D eigenvalue weighted by molar-refractivity contribution is -0.132. The van der Waals surface area contributed by atoms with E-state index in [1.165, 1.54) is 7.11 Å². The highest BCUT2D eigenvalue weighted by molar-refractivity contribution is 5.86. The molecule has 1 aromatic carbocycles. The van der Waals surface area contributed by atoms with Gasteiger partial charge in [0.1, 0.15) is 6.04 Å². The summed E-state index contributed by atoms with van der Waals surface area (Å²) in [5.74, 6) is -0.177. The Labute approximate surface area is 129 Å². The molecule has 22 heavy (non-hydrogen) atoms. The Morgan fingerprint density at radius 1 is 1.36 bits per heavy atom. The lowest BCUT2D eigenvalue weighted by Crippen LogP contribution is -2.45. The number of rotatable bonds is 4. The number of H-pyrrole nitrogens is 1. The van der Waals surface area contributed by atoms with Crippen molar-refractivity contribution < 1.29 is 14.3 Å². The van der Waals surface area contributed by atoms with Crippen LogP contribution in [-0.4, -0.2) is 42.1 Å². The van der Waals surface area contributed by atoms with Gasteiger partial charge in [-0.1, -0.05) is 18.2 Å². The number of aromatic nitrogens is 1. The number of nitrogens with zero attached hydrogens (tertiary/aromatic N) is 1. The molecule has 0 saturated carbocycles. The van der Waals surface area contributed by atoms with E-state index in [-0.39, 0.29) is 5.91 Å². The largest absolute Gasteiger partial charge is 0.453 e. The SMILES string of the molecule is COC(=O)N[C@@H](C)C(=O)N(C)Cc1[nH]c2ccccc2c1C. The second-order valence-corrected chi connectivity index (χ2v) is 5.33. The summed E-state index contributed by atoms with van der Waals surface area (Å²) in [5, 5.41) is 3.63. The zero-order valence-electron chi connectivity index (χ0n) is 13.3. The van der Waals surface area contributed by atoms with Gasteiger partial charge in [0.15, 0.2) is 0 Å². The van der Waals surface area contributed by atoms with Crippen molar-refractivity contribution in [2.24, 2.45) is 0 Å². The maximum absolute atomic E-state index is 12.3. The first-order chi connectivity index (χ1) is 10.4. The smallest absolute Gasteiger partial charge is 0.407 e. The van der Waals surface area contributed by atoms with E-state index in [0.29, 0.717) is 6.54 Å². The van der Waals surface area contributed by atoms with E-state index >= 15 is 0 Å². The predicted molar refractivity (Wildman–Crippen MR) is 84.5 cm³/mol. The first kappa shape index (κ1) is 15.9. The number of hydrogen-bond donors (Lipinski definition) is 2. The van der Waals surface area contributed by atoms with Crippen LogP contribution in [0.4, 0.5) is 4.79 Å². The molecular weight excluding hydrogens is 282 g/mol. The average Bonchev–Trinajstić information content (AvgIpc) is 2.82. The average molecular weight is 303 g/mol. The number of carbonyl (C=O) groups is 2. The number of aromatic amines is 1. The fourth-order valence-corrected chi connectivity index (χ4v) is 2.44. The lowest BCUT2D eigenvalue weighted by Gasteiger charge is -2.21. The highest BCUT2D eigenvalue weighted by Crippen LogP contribution is 2.22. The van der Waals surface area contributed by atoms with Gasteiger partial charge in [0.2, 0.25) is 5.91 Å². The minimum Gasteiger partial charge on any atom is -0.453 e. The molecule has 0 aliphatic carbocycles. The van der Waals surface area contributed by atoms with Crippen molar-refractivity contribution in [1.82, 2.24) is 15.2 Å². The fraction of sp³-hybridized carbons (Fsp3) is 0.375. The number of nitrogens with one attached hydrogen (secondary N) is 2. The first-order valence-electron chi connectivity index (χ1n) is 7.09. The van der Waals surface area contributed by atoms with Crippen LogP contribution in [0.5, 0.6) is 0 Å². The molecule has 0 aliphatic rings. The quantitative estimate of drug-likeness (QED) is 0.909. The van der Waals surface area contributed by atoms with Crippen molar-refractivity contribution in [1.29, 1.82) is 0 Å². The topological polar surface area (TPSA) is 74.4 Å². The van der Waals surface area contributed by atoms with E-state index in [1.807, 2.05) is 31.2 Å². The molecule has 2 N–H and O–H groups in total. The summed E-state index contributed by atoms with van der Waals surface area (Å²) in [7, 11) is 2.98. The summed E-state index contributed by atoms with van der Waals surface area (Å²) < 4.78 is 4.50. The maximum atomic E-state index is 12.3. The van der Waals surface area contributed by atoms with Crippen LogP contribution in [0.15, 0.2) is 24.3 Å². The number of alkyl carbamates (subject to hydrolysis) is 1. The fourth-order valence-electron chi connectivity index (χ4n) is 2.44. The Morgan fingerprint density at radius 3 is 2.68 bits per heavy atom. The maximum Gasteiger partial charge on any atom is 0.407 e. The number of fused-ring (bicyclic) bond motifs is 1. The molecule has 0 fully saturated rings. The van der Waals surface area contributed by atoms with Crippen molar-refractivity contribution >= 4 is 22.9 Å². The van der Waals surface area contributed by atoms with Crippen LogP contribution in [0.3, 0.4) is 0 Å². The van der Waals surface area contributed by atoms with Crippen LogP contribution < -0.4 is 5.32 Å². The molecule has 2 amide bonds. The van der Waals surface area contributed by atoms with Crippen LogP contribution in [-0.2, 0) is 16.1 Å². The summed E-state index contributed by atoms with van der Waals surface area (Å²) in [4.78, 5) is 28.4. The number of benzene rings is 1. The van der Waals surface area contributed by atoms with Crippen LogP contribution in [0.25, 0.3) is 10.9 Å². The van der Waals surface area contributed by atoms with Gasteiger partial charge >= 0.3 is 6.09 Å². The lowest BCUT2D eigenvalue weighted by atomic mass is 10.1. The van der Waals surface area contributed by atoms with E-state index in [2.05, 4.69) is 15.0 Å². The third kappa shape index (κ3) is 3.21. The van der Waals surface area contributed by atoms with Crippen LogP contribution in [0.1, 0.15) is 18.2 Å². The molecule has 6 nitrogen and oxygen atoms in total. The third-order valence-corrected chi connectivity index (χ3v) is 3.73.